The van der Waals surface area contributed by atoms with Crippen LogP contribution in [-0.4, -0.2) is 54.1 Å². The molecule has 0 spiro atoms. The Bertz CT molecular complexity index is 829. The van der Waals surface area contributed by atoms with Gasteiger partial charge in [0.25, 0.3) is 5.91 Å². The van der Waals surface area contributed by atoms with E-state index >= 15 is 0 Å². The van der Waals surface area contributed by atoms with Crippen LogP contribution in [0.3, 0.4) is 0 Å². The van der Waals surface area contributed by atoms with Crippen molar-refractivity contribution >= 4 is 23.7 Å². The van der Waals surface area contributed by atoms with Gasteiger partial charge in [-0.3, -0.25) is 14.5 Å². The fourth-order valence-corrected chi connectivity index (χ4v) is 2.92. The summed E-state index contributed by atoms with van der Waals surface area (Å²) >= 11 is 0. The average Bonchev–Trinajstić information content (AvgIpc) is 3.17. The molecule has 8 heteroatoms. The maximum absolute atomic E-state index is 12.4. The number of benzene rings is 1. The summed E-state index contributed by atoms with van der Waals surface area (Å²) in [5, 5.41) is 0. The van der Waals surface area contributed by atoms with Gasteiger partial charge >= 0.3 is 11.9 Å². The molecule has 2 atom stereocenters. The highest BCUT2D eigenvalue weighted by Gasteiger charge is 2.57. The molecule has 1 saturated heterocycles. The third kappa shape index (κ3) is 2.46. The molecule has 0 aliphatic carbocycles. The van der Waals surface area contributed by atoms with E-state index in [2.05, 4.69) is 4.99 Å². The molecule has 3 heterocycles. The monoisotopic (exact) mass is 342 g/mol. The Labute approximate surface area is 142 Å². The third-order valence-corrected chi connectivity index (χ3v) is 4.12. The summed E-state index contributed by atoms with van der Waals surface area (Å²) < 4.78 is 15.7. The van der Waals surface area contributed by atoms with Gasteiger partial charge in [-0.2, -0.15) is 0 Å². The zero-order chi connectivity index (χ0) is 17.6. The number of hydrogen-bond acceptors (Lipinski definition) is 7. The van der Waals surface area contributed by atoms with E-state index in [1.165, 1.54) is 11.8 Å². The van der Waals surface area contributed by atoms with Crippen molar-refractivity contribution in [1.29, 1.82) is 0 Å². The summed E-state index contributed by atoms with van der Waals surface area (Å²) in [6.45, 7) is 1.14. The Hall–Kier alpha value is -3.16. The van der Waals surface area contributed by atoms with Crippen LogP contribution in [0.25, 0.3) is 0 Å². The van der Waals surface area contributed by atoms with Gasteiger partial charge in [0.2, 0.25) is 12.1 Å². The predicted molar refractivity (Wildman–Crippen MR) is 83.1 cm³/mol. The highest BCUT2D eigenvalue weighted by molar-refractivity contribution is 6.06. The number of β-lactam (4-membered cyclic amide) rings is 1. The quantitative estimate of drug-likeness (QED) is 0.580. The number of nitrogens with zero attached hydrogens (tertiary/aromatic N) is 2. The van der Waals surface area contributed by atoms with Crippen LogP contribution < -0.4 is 0 Å². The minimum absolute atomic E-state index is 0.0188. The van der Waals surface area contributed by atoms with Crippen molar-refractivity contribution in [1.82, 2.24) is 4.90 Å². The predicted octanol–water partition coefficient (Wildman–Crippen LogP) is 0.374. The number of aliphatic imine (C=N–C) groups is 1. The molecule has 8 nitrogen and oxygen atoms in total. The van der Waals surface area contributed by atoms with Crippen molar-refractivity contribution in [3.63, 3.8) is 0 Å². The first-order valence-electron chi connectivity index (χ1n) is 7.71. The molecule has 1 amide bonds. The first-order chi connectivity index (χ1) is 12.1. The molecule has 3 aliphatic heterocycles. The van der Waals surface area contributed by atoms with Crippen LogP contribution in [0.1, 0.15) is 12.5 Å². The number of ether oxygens (including phenoxy) is 3. The number of rotatable bonds is 4. The summed E-state index contributed by atoms with van der Waals surface area (Å²) in [5.41, 5.74) is 1.27. The molecule has 0 saturated carbocycles. The van der Waals surface area contributed by atoms with Crippen molar-refractivity contribution in [2.24, 2.45) is 4.99 Å². The van der Waals surface area contributed by atoms with Gasteiger partial charge < -0.3 is 14.2 Å². The molecule has 0 radical (unpaired) electrons. The second kappa shape index (κ2) is 5.73. The van der Waals surface area contributed by atoms with Gasteiger partial charge in [0.1, 0.15) is 18.9 Å². The molecule has 25 heavy (non-hydrogen) atoms. The normalized spacial score (nSPS) is 24.4. The van der Waals surface area contributed by atoms with E-state index < -0.39 is 24.2 Å². The summed E-state index contributed by atoms with van der Waals surface area (Å²) in [5.74, 6) is -1.10. The molecule has 3 aliphatic rings. The Morgan fingerprint density at radius 3 is 2.80 bits per heavy atom. The fourth-order valence-electron chi connectivity index (χ4n) is 2.92. The molecule has 0 N–H and O–H groups in total. The van der Waals surface area contributed by atoms with Crippen LogP contribution >= 0.6 is 0 Å². The highest BCUT2D eigenvalue weighted by Crippen LogP contribution is 2.37. The lowest BCUT2D eigenvalue weighted by atomic mass is 10.0. The molecule has 1 aromatic carbocycles. The second-order valence-electron chi connectivity index (χ2n) is 5.77. The van der Waals surface area contributed by atoms with Gasteiger partial charge in [0.05, 0.1) is 0 Å². The summed E-state index contributed by atoms with van der Waals surface area (Å²) in [4.78, 5) is 41.0. The smallest absolute Gasteiger partial charge is 0.355 e. The van der Waals surface area contributed by atoms with E-state index in [-0.39, 0.29) is 24.8 Å². The molecule has 1 fully saturated rings. The molecule has 4 rings (SSSR count). The van der Waals surface area contributed by atoms with Gasteiger partial charge in [-0.15, -0.1) is 0 Å². The molecular weight excluding hydrogens is 328 g/mol. The van der Waals surface area contributed by atoms with Gasteiger partial charge in [0.15, 0.2) is 6.04 Å². The van der Waals surface area contributed by atoms with Crippen molar-refractivity contribution in [2.75, 3.05) is 13.2 Å². The summed E-state index contributed by atoms with van der Waals surface area (Å²) in [6.07, 6.45) is -0.685. The number of hydrogen-bond donors (Lipinski definition) is 0. The largest absolute Gasteiger partial charge is 0.461 e. The Balaban J connectivity index is 1.57. The van der Waals surface area contributed by atoms with Crippen molar-refractivity contribution in [3.05, 3.63) is 47.2 Å². The van der Waals surface area contributed by atoms with E-state index in [1.54, 1.807) is 0 Å². The molecule has 0 aromatic heterocycles. The lowest BCUT2D eigenvalue weighted by Crippen LogP contribution is -2.63. The van der Waals surface area contributed by atoms with Crippen molar-refractivity contribution in [2.45, 2.75) is 19.2 Å². The zero-order valence-electron chi connectivity index (χ0n) is 13.3. The molecule has 0 unspecified atom stereocenters. The minimum Gasteiger partial charge on any atom is -0.461 e. The Morgan fingerprint density at radius 1 is 1.32 bits per heavy atom. The Morgan fingerprint density at radius 2 is 2.08 bits per heavy atom. The number of carbonyl (C=O) groups is 3. The zero-order valence-corrected chi connectivity index (χ0v) is 13.3. The van der Waals surface area contributed by atoms with Crippen LogP contribution in [0.4, 0.5) is 0 Å². The van der Waals surface area contributed by atoms with E-state index in [1.807, 2.05) is 30.3 Å². The molecule has 128 valence electrons. The van der Waals surface area contributed by atoms with E-state index in [0.717, 1.165) is 5.56 Å². The average molecular weight is 342 g/mol. The lowest BCUT2D eigenvalue weighted by Gasteiger charge is -2.39. The fraction of sp³-hybridized carbons (Fsp3) is 0.294. The number of esters is 2. The standard InChI is InChI=1S/C17H14N2O6/c1-9(20)23-7-11-8-24-17(22)13(11)19-15(21)12-16(19)25-14(18-12)10-5-3-2-4-6-10/h2-6,12,16H,7-8H2,1H3/t12-,16-/m0/s1. The van der Waals surface area contributed by atoms with E-state index in [0.29, 0.717) is 11.5 Å². The van der Waals surface area contributed by atoms with Gasteiger partial charge in [0, 0.05) is 18.1 Å². The van der Waals surface area contributed by atoms with E-state index in [9.17, 15) is 14.4 Å². The van der Waals surface area contributed by atoms with E-state index in [4.69, 9.17) is 14.2 Å². The minimum atomic E-state index is -0.685. The van der Waals surface area contributed by atoms with Gasteiger partial charge in [-0.05, 0) is 12.1 Å². The van der Waals surface area contributed by atoms with Crippen LogP contribution in [0.5, 0.6) is 0 Å². The summed E-state index contributed by atoms with van der Waals surface area (Å²) in [7, 11) is 0. The molecule has 0 bridgehead atoms. The third-order valence-electron chi connectivity index (χ3n) is 4.12. The summed E-state index contributed by atoms with van der Waals surface area (Å²) in [6, 6.07) is 8.53. The topological polar surface area (TPSA) is 94.5 Å². The first kappa shape index (κ1) is 15.4. The maximum atomic E-state index is 12.4. The molecular formula is C17H14N2O6. The van der Waals surface area contributed by atoms with Crippen LogP contribution in [0, 0.1) is 0 Å². The van der Waals surface area contributed by atoms with Crippen LogP contribution in [-0.2, 0) is 28.6 Å². The highest BCUT2D eigenvalue weighted by atomic mass is 16.6. The Kier molecular flexibility index (Phi) is 3.52. The second-order valence-corrected chi connectivity index (χ2v) is 5.77. The number of carbonyl (C=O) groups excluding carboxylic acids is 3. The van der Waals surface area contributed by atoms with Gasteiger partial charge in [-0.1, -0.05) is 18.2 Å². The van der Waals surface area contributed by atoms with Crippen molar-refractivity contribution < 1.29 is 28.6 Å². The number of fused-ring (bicyclic) bond motifs is 1. The number of likely N-dealkylation sites (tertiary alicyclic amines) is 1. The SMILES string of the molecule is CC(=O)OCC1=C(N2C(=O)[C@@H]3N=C(c4ccccc4)O[C@@H]32)C(=O)OC1. The van der Waals surface area contributed by atoms with Crippen LogP contribution in [0.2, 0.25) is 0 Å². The van der Waals surface area contributed by atoms with Gasteiger partial charge in [-0.25, -0.2) is 9.79 Å². The number of amides is 1. The number of cyclic esters (lactones) is 1. The first-order valence-corrected chi connectivity index (χ1v) is 7.71. The molecule has 1 aromatic rings. The lowest BCUT2D eigenvalue weighted by molar-refractivity contribution is -0.161. The van der Waals surface area contributed by atoms with Crippen LogP contribution in [0.15, 0.2) is 46.6 Å². The van der Waals surface area contributed by atoms with Crippen molar-refractivity contribution in [3.8, 4) is 0 Å². The maximum Gasteiger partial charge on any atom is 0.355 e.